The van der Waals surface area contributed by atoms with Crippen LogP contribution in [0.5, 0.6) is 0 Å². The molecule has 4 bridgehead atoms. The lowest BCUT2D eigenvalue weighted by Gasteiger charge is -2.58. The molecule has 0 radical (unpaired) electrons. The summed E-state index contributed by atoms with van der Waals surface area (Å²) in [5.74, 6) is 0.438. The lowest BCUT2D eigenvalue weighted by molar-refractivity contribution is -0.167. The second-order valence-corrected chi connectivity index (χ2v) is 6.55. The van der Waals surface area contributed by atoms with Gasteiger partial charge in [-0.15, -0.1) is 11.6 Å². The van der Waals surface area contributed by atoms with E-state index in [1.165, 1.54) is 0 Å². The monoisotopic (exact) mass is 271 g/mol. The number of amides is 1. The average molecular weight is 272 g/mol. The van der Waals surface area contributed by atoms with Crippen molar-refractivity contribution in [1.82, 2.24) is 5.32 Å². The lowest BCUT2D eigenvalue weighted by atomic mass is 9.48. The molecule has 100 valence electrons. The Hall–Kier alpha value is -0.770. The number of aliphatic carboxylic acids is 1. The van der Waals surface area contributed by atoms with Crippen molar-refractivity contribution in [3.05, 3.63) is 0 Å². The van der Waals surface area contributed by atoms with Gasteiger partial charge in [-0.05, 0) is 49.9 Å². The van der Waals surface area contributed by atoms with Crippen LogP contribution in [0.15, 0.2) is 0 Å². The van der Waals surface area contributed by atoms with E-state index in [9.17, 15) is 14.7 Å². The van der Waals surface area contributed by atoms with Gasteiger partial charge in [0.1, 0.15) is 5.88 Å². The molecule has 4 aliphatic rings. The van der Waals surface area contributed by atoms with Gasteiger partial charge >= 0.3 is 5.97 Å². The van der Waals surface area contributed by atoms with Crippen molar-refractivity contribution in [2.45, 2.75) is 38.1 Å². The number of nitrogens with one attached hydrogen (secondary N) is 1. The fourth-order valence-electron chi connectivity index (χ4n) is 4.75. The summed E-state index contributed by atoms with van der Waals surface area (Å²) in [7, 11) is 0. The highest BCUT2D eigenvalue weighted by atomic mass is 35.5. The Kier molecular flexibility index (Phi) is 2.81. The van der Waals surface area contributed by atoms with E-state index in [2.05, 4.69) is 5.32 Å². The van der Waals surface area contributed by atoms with Crippen LogP contribution in [0.4, 0.5) is 0 Å². The topological polar surface area (TPSA) is 66.4 Å². The first-order valence-electron chi connectivity index (χ1n) is 6.63. The summed E-state index contributed by atoms with van der Waals surface area (Å²) in [4.78, 5) is 23.0. The third-order valence-electron chi connectivity index (χ3n) is 5.18. The fraction of sp³-hybridized carbons (Fsp3) is 0.846. The van der Waals surface area contributed by atoms with Gasteiger partial charge in [0.25, 0.3) is 0 Å². The zero-order valence-corrected chi connectivity index (χ0v) is 10.9. The molecule has 0 aliphatic heterocycles. The van der Waals surface area contributed by atoms with Crippen molar-refractivity contribution >= 4 is 23.5 Å². The van der Waals surface area contributed by atoms with Crippen LogP contribution < -0.4 is 5.32 Å². The molecular weight excluding hydrogens is 254 g/mol. The highest BCUT2D eigenvalue weighted by molar-refractivity contribution is 6.27. The number of carbonyl (C=O) groups excluding carboxylic acids is 1. The molecule has 2 N–H and O–H groups in total. The van der Waals surface area contributed by atoms with E-state index in [1.807, 2.05) is 0 Å². The Morgan fingerprint density at radius 1 is 1.22 bits per heavy atom. The first kappa shape index (κ1) is 12.3. The molecule has 4 nitrogen and oxygen atoms in total. The van der Waals surface area contributed by atoms with E-state index >= 15 is 0 Å². The number of carboxylic acid groups (broad SMARTS) is 1. The number of rotatable bonds is 3. The molecule has 1 amide bonds. The first-order chi connectivity index (χ1) is 8.54. The maximum atomic E-state index is 11.5. The van der Waals surface area contributed by atoms with Crippen molar-refractivity contribution in [3.8, 4) is 0 Å². The molecule has 2 unspecified atom stereocenters. The van der Waals surface area contributed by atoms with E-state index in [0.717, 1.165) is 32.1 Å². The Bertz CT molecular complexity index is 382. The number of halogens is 1. The van der Waals surface area contributed by atoms with Gasteiger partial charge in [0.05, 0.1) is 5.41 Å². The fourth-order valence-corrected chi connectivity index (χ4v) is 4.82. The van der Waals surface area contributed by atoms with Gasteiger partial charge < -0.3 is 10.4 Å². The Morgan fingerprint density at radius 2 is 1.83 bits per heavy atom. The maximum absolute atomic E-state index is 11.5. The molecule has 0 spiro atoms. The number of alkyl halides is 1. The van der Waals surface area contributed by atoms with E-state index in [0.29, 0.717) is 17.8 Å². The summed E-state index contributed by atoms with van der Waals surface area (Å²) < 4.78 is 0. The van der Waals surface area contributed by atoms with Gasteiger partial charge in [0, 0.05) is 6.04 Å². The Labute approximate surface area is 111 Å². The molecular formula is C13H18ClNO3. The molecule has 2 atom stereocenters. The Morgan fingerprint density at radius 3 is 2.33 bits per heavy atom. The summed E-state index contributed by atoms with van der Waals surface area (Å²) >= 11 is 5.54. The van der Waals surface area contributed by atoms with Crippen molar-refractivity contribution in [2.75, 3.05) is 5.88 Å². The predicted octanol–water partition coefficient (Wildman–Crippen LogP) is 1.62. The lowest BCUT2D eigenvalue weighted by Crippen LogP contribution is -2.61. The molecule has 0 saturated heterocycles. The second kappa shape index (κ2) is 4.12. The number of hydrogen-bond acceptors (Lipinski definition) is 2. The van der Waals surface area contributed by atoms with Crippen LogP contribution >= 0.6 is 11.6 Å². The summed E-state index contributed by atoms with van der Waals surface area (Å²) in [6, 6.07) is 0.153. The van der Waals surface area contributed by atoms with Gasteiger partial charge in [-0.2, -0.15) is 0 Å². The molecule has 0 aromatic rings. The van der Waals surface area contributed by atoms with Crippen molar-refractivity contribution in [1.29, 1.82) is 0 Å². The number of carboxylic acids is 1. The zero-order chi connectivity index (χ0) is 12.9. The quantitative estimate of drug-likeness (QED) is 0.767. The van der Waals surface area contributed by atoms with Crippen LogP contribution in [-0.2, 0) is 9.59 Å². The highest BCUT2D eigenvalue weighted by Crippen LogP contribution is 2.60. The zero-order valence-electron chi connectivity index (χ0n) is 10.2. The van der Waals surface area contributed by atoms with Gasteiger partial charge in [-0.25, -0.2) is 0 Å². The molecule has 0 heterocycles. The minimum atomic E-state index is -0.635. The van der Waals surface area contributed by atoms with E-state index in [-0.39, 0.29) is 17.8 Å². The number of hydrogen-bond donors (Lipinski definition) is 2. The first-order valence-corrected chi connectivity index (χ1v) is 7.16. The van der Waals surface area contributed by atoms with Crippen molar-refractivity contribution in [3.63, 3.8) is 0 Å². The number of carbonyl (C=O) groups is 2. The van der Waals surface area contributed by atoms with E-state index in [1.54, 1.807) is 0 Å². The molecule has 4 fully saturated rings. The predicted molar refractivity (Wildman–Crippen MR) is 66.3 cm³/mol. The SMILES string of the molecule is O=C(CCl)NC1C2CC3CC1CC(C(=O)O)(C3)C2. The summed E-state index contributed by atoms with van der Waals surface area (Å²) in [6.07, 6.45) is 4.42. The molecule has 0 aromatic heterocycles. The molecule has 4 rings (SSSR count). The standard InChI is InChI=1S/C13H18ClNO3/c14-6-10(16)15-11-8-1-7-2-9(11)5-13(3-7,4-8)12(17)18/h7-9,11H,1-6H2,(H,15,16)(H,17,18). The summed E-state index contributed by atoms with van der Waals surface area (Å²) in [5.41, 5.74) is -0.501. The molecule has 18 heavy (non-hydrogen) atoms. The van der Waals surface area contributed by atoms with Crippen molar-refractivity contribution in [2.24, 2.45) is 23.2 Å². The maximum Gasteiger partial charge on any atom is 0.309 e. The van der Waals surface area contributed by atoms with Crippen LogP contribution in [0.3, 0.4) is 0 Å². The minimum Gasteiger partial charge on any atom is -0.481 e. The third kappa shape index (κ3) is 1.73. The molecule has 5 heteroatoms. The second-order valence-electron chi connectivity index (χ2n) is 6.28. The smallest absolute Gasteiger partial charge is 0.309 e. The molecule has 4 aliphatic carbocycles. The molecule has 0 aromatic carbocycles. The van der Waals surface area contributed by atoms with Crippen LogP contribution in [-0.4, -0.2) is 28.9 Å². The molecule has 4 saturated carbocycles. The van der Waals surface area contributed by atoms with Gasteiger partial charge in [0.15, 0.2) is 0 Å². The van der Waals surface area contributed by atoms with Gasteiger partial charge in [-0.1, -0.05) is 0 Å². The largest absolute Gasteiger partial charge is 0.481 e. The summed E-state index contributed by atoms with van der Waals surface area (Å²) in [6.45, 7) is 0. The van der Waals surface area contributed by atoms with Crippen LogP contribution in [0.1, 0.15) is 32.1 Å². The average Bonchev–Trinajstić information content (AvgIpc) is 2.32. The van der Waals surface area contributed by atoms with E-state index in [4.69, 9.17) is 11.6 Å². The van der Waals surface area contributed by atoms with Crippen LogP contribution in [0.2, 0.25) is 0 Å². The van der Waals surface area contributed by atoms with Crippen LogP contribution in [0.25, 0.3) is 0 Å². The van der Waals surface area contributed by atoms with Gasteiger partial charge in [-0.3, -0.25) is 9.59 Å². The Balaban J connectivity index is 1.80. The van der Waals surface area contributed by atoms with Crippen molar-refractivity contribution < 1.29 is 14.7 Å². The summed E-state index contributed by atoms with van der Waals surface area (Å²) in [5, 5.41) is 12.5. The third-order valence-corrected chi connectivity index (χ3v) is 5.42. The minimum absolute atomic E-state index is 0.0105. The van der Waals surface area contributed by atoms with Crippen LogP contribution in [0, 0.1) is 23.2 Å². The highest BCUT2D eigenvalue weighted by Gasteiger charge is 2.58. The van der Waals surface area contributed by atoms with E-state index < -0.39 is 11.4 Å². The van der Waals surface area contributed by atoms with Gasteiger partial charge in [0.2, 0.25) is 5.91 Å². The normalized spacial score (nSPS) is 44.9.